The van der Waals surface area contributed by atoms with Crippen molar-refractivity contribution in [3.05, 3.63) is 45.7 Å². The Hall–Kier alpha value is -2.17. The topological polar surface area (TPSA) is 91.7 Å². The monoisotopic (exact) mass is 476 g/mol. The van der Waals surface area contributed by atoms with E-state index in [0.29, 0.717) is 18.5 Å². The Morgan fingerprint density at radius 3 is 2.59 bits per heavy atom. The molecular formula is C22H28N4O4S2. The first kappa shape index (κ1) is 21.7. The molecule has 32 heavy (non-hydrogen) atoms. The van der Waals surface area contributed by atoms with Gasteiger partial charge in [0.15, 0.2) is 0 Å². The van der Waals surface area contributed by atoms with E-state index in [-0.39, 0.29) is 27.3 Å². The van der Waals surface area contributed by atoms with E-state index in [1.807, 2.05) is 11.0 Å². The van der Waals surface area contributed by atoms with E-state index in [4.69, 9.17) is 0 Å². The molecule has 2 aromatic rings. The van der Waals surface area contributed by atoms with Gasteiger partial charge in [0, 0.05) is 57.3 Å². The van der Waals surface area contributed by atoms with E-state index < -0.39 is 10.0 Å². The SMILES string of the molecule is CC(=O)N1CCC(N2CC3CC(C2)c2ccc(NS(=O)(=O)c4cccs4)c(=O)n2C3)CC1. The number of sulfonamides is 1. The summed E-state index contributed by atoms with van der Waals surface area (Å²) in [5.74, 6) is 0.788. The van der Waals surface area contributed by atoms with Crippen molar-refractivity contribution in [3.63, 3.8) is 0 Å². The van der Waals surface area contributed by atoms with Crippen molar-refractivity contribution in [2.75, 3.05) is 30.9 Å². The maximum Gasteiger partial charge on any atom is 0.275 e. The number of likely N-dealkylation sites (tertiary alicyclic amines) is 2. The maximum absolute atomic E-state index is 13.2. The molecule has 10 heteroatoms. The molecule has 2 aromatic heterocycles. The number of nitrogens with one attached hydrogen (secondary N) is 1. The largest absolute Gasteiger partial charge is 0.343 e. The first-order valence-corrected chi connectivity index (χ1v) is 13.5. The van der Waals surface area contributed by atoms with Gasteiger partial charge in [0.2, 0.25) is 5.91 Å². The van der Waals surface area contributed by atoms with Crippen LogP contribution < -0.4 is 10.3 Å². The molecule has 5 rings (SSSR count). The van der Waals surface area contributed by atoms with Crippen LogP contribution in [0.5, 0.6) is 0 Å². The number of piperidine rings is 2. The molecule has 0 radical (unpaired) electrons. The Morgan fingerprint density at radius 1 is 1.12 bits per heavy atom. The van der Waals surface area contributed by atoms with Gasteiger partial charge in [-0.25, -0.2) is 8.42 Å². The van der Waals surface area contributed by atoms with E-state index in [0.717, 1.165) is 62.5 Å². The predicted octanol–water partition coefficient (Wildman–Crippen LogP) is 2.14. The molecule has 1 N–H and O–H groups in total. The van der Waals surface area contributed by atoms with Crippen molar-refractivity contribution < 1.29 is 13.2 Å². The van der Waals surface area contributed by atoms with Crippen LogP contribution in [-0.2, 0) is 21.4 Å². The van der Waals surface area contributed by atoms with E-state index in [1.165, 1.54) is 6.07 Å². The molecule has 0 aromatic carbocycles. The summed E-state index contributed by atoms with van der Waals surface area (Å²) in [7, 11) is -3.75. The average molecular weight is 477 g/mol. The van der Waals surface area contributed by atoms with E-state index >= 15 is 0 Å². The van der Waals surface area contributed by atoms with Crippen LogP contribution in [0.1, 0.15) is 37.8 Å². The Kier molecular flexibility index (Phi) is 5.63. The van der Waals surface area contributed by atoms with Gasteiger partial charge < -0.3 is 9.47 Å². The number of thiophene rings is 1. The highest BCUT2D eigenvalue weighted by Gasteiger charge is 2.38. The van der Waals surface area contributed by atoms with Crippen molar-refractivity contribution in [1.82, 2.24) is 14.4 Å². The van der Waals surface area contributed by atoms with Crippen LogP contribution in [0.4, 0.5) is 5.69 Å². The van der Waals surface area contributed by atoms with E-state index in [9.17, 15) is 18.0 Å². The number of carbonyl (C=O) groups is 1. The standard InChI is InChI=1S/C22H28N4O4S2/c1-15(27)24-8-6-18(7-9-24)25-12-16-11-17(14-25)20-5-4-19(22(28)26(20)13-16)23-32(29,30)21-3-2-10-31-21/h2-5,10,16-18,23H,6-9,11-14H2,1H3. The third kappa shape index (κ3) is 3.99. The quantitative estimate of drug-likeness (QED) is 0.730. The number of anilines is 1. The zero-order valence-electron chi connectivity index (χ0n) is 18.1. The van der Waals surface area contributed by atoms with Crippen molar-refractivity contribution in [3.8, 4) is 0 Å². The van der Waals surface area contributed by atoms with Gasteiger partial charge in [-0.3, -0.25) is 19.2 Å². The summed E-state index contributed by atoms with van der Waals surface area (Å²) in [6.07, 6.45) is 3.05. The van der Waals surface area contributed by atoms with E-state index in [2.05, 4.69) is 9.62 Å². The van der Waals surface area contributed by atoms with Crippen LogP contribution in [0, 0.1) is 5.92 Å². The number of rotatable bonds is 4. The van der Waals surface area contributed by atoms with Crippen LogP contribution in [0.25, 0.3) is 0 Å². The molecule has 2 fully saturated rings. The molecule has 0 saturated carbocycles. The van der Waals surface area contributed by atoms with Gasteiger partial charge >= 0.3 is 0 Å². The van der Waals surface area contributed by atoms with Crippen molar-refractivity contribution in [2.24, 2.45) is 5.92 Å². The molecule has 3 aliphatic rings. The summed E-state index contributed by atoms with van der Waals surface area (Å²) in [6.45, 7) is 5.72. The number of nitrogens with zero attached hydrogens (tertiary/aromatic N) is 3. The minimum absolute atomic E-state index is 0.107. The number of amides is 1. The lowest BCUT2D eigenvalue weighted by Gasteiger charge is -2.47. The zero-order chi connectivity index (χ0) is 22.5. The lowest BCUT2D eigenvalue weighted by atomic mass is 9.82. The van der Waals surface area contributed by atoms with Crippen LogP contribution in [-0.4, -0.2) is 60.9 Å². The second-order valence-electron chi connectivity index (χ2n) is 9.12. The van der Waals surface area contributed by atoms with Crippen LogP contribution in [0.2, 0.25) is 0 Å². The maximum atomic E-state index is 13.2. The summed E-state index contributed by atoms with van der Waals surface area (Å²) in [4.78, 5) is 29.3. The van der Waals surface area contributed by atoms with Crippen LogP contribution >= 0.6 is 11.3 Å². The molecule has 1 amide bonds. The lowest BCUT2D eigenvalue weighted by Crippen LogP contribution is -2.53. The van der Waals surface area contributed by atoms with Gasteiger partial charge in [0.1, 0.15) is 9.90 Å². The molecule has 3 aliphatic heterocycles. The number of aromatic nitrogens is 1. The fraction of sp³-hybridized carbons (Fsp3) is 0.545. The Balaban J connectivity index is 1.34. The third-order valence-electron chi connectivity index (χ3n) is 7.06. The number of hydrogen-bond acceptors (Lipinski definition) is 6. The predicted molar refractivity (Wildman–Crippen MR) is 124 cm³/mol. The van der Waals surface area contributed by atoms with Crippen LogP contribution in [0.3, 0.4) is 0 Å². The molecule has 2 atom stereocenters. The van der Waals surface area contributed by atoms with Crippen LogP contribution in [0.15, 0.2) is 38.6 Å². The summed E-state index contributed by atoms with van der Waals surface area (Å²) >= 11 is 1.13. The molecule has 0 spiro atoms. The Morgan fingerprint density at radius 2 is 1.91 bits per heavy atom. The summed E-state index contributed by atoms with van der Waals surface area (Å²) in [5, 5.41) is 1.70. The normalized spacial score (nSPS) is 24.2. The third-order valence-corrected chi connectivity index (χ3v) is 9.83. The summed E-state index contributed by atoms with van der Waals surface area (Å²) in [5.41, 5.74) is 0.840. The highest BCUT2D eigenvalue weighted by atomic mass is 32.2. The first-order valence-electron chi connectivity index (χ1n) is 11.1. The van der Waals surface area contributed by atoms with Crippen molar-refractivity contribution in [1.29, 1.82) is 0 Å². The molecule has 2 unspecified atom stereocenters. The highest BCUT2D eigenvalue weighted by molar-refractivity contribution is 7.94. The van der Waals surface area contributed by atoms with Gasteiger partial charge in [-0.15, -0.1) is 11.3 Å². The van der Waals surface area contributed by atoms with Gasteiger partial charge in [-0.1, -0.05) is 6.07 Å². The van der Waals surface area contributed by atoms with Gasteiger partial charge in [-0.05, 0) is 48.8 Å². The van der Waals surface area contributed by atoms with Crippen molar-refractivity contribution in [2.45, 2.75) is 48.9 Å². The average Bonchev–Trinajstić information content (AvgIpc) is 3.32. The van der Waals surface area contributed by atoms with Gasteiger partial charge in [0.25, 0.3) is 15.6 Å². The number of carbonyl (C=O) groups excluding carboxylic acids is 1. The second kappa shape index (κ2) is 8.31. The smallest absolute Gasteiger partial charge is 0.275 e. The van der Waals surface area contributed by atoms with Crippen molar-refractivity contribution >= 4 is 33.0 Å². The minimum atomic E-state index is -3.75. The number of hydrogen-bond donors (Lipinski definition) is 1. The highest BCUT2D eigenvalue weighted by Crippen LogP contribution is 2.37. The number of pyridine rings is 1. The summed E-state index contributed by atoms with van der Waals surface area (Å²) in [6, 6.07) is 7.21. The minimum Gasteiger partial charge on any atom is -0.343 e. The molecule has 8 nitrogen and oxygen atoms in total. The van der Waals surface area contributed by atoms with E-state index in [1.54, 1.807) is 29.0 Å². The first-order chi connectivity index (χ1) is 15.3. The Labute approximate surface area is 191 Å². The van der Waals surface area contributed by atoms with Gasteiger partial charge in [0.05, 0.1) is 0 Å². The molecule has 2 bridgehead atoms. The Bertz CT molecular complexity index is 1170. The molecule has 2 saturated heterocycles. The molecule has 5 heterocycles. The molecule has 0 aliphatic carbocycles. The summed E-state index contributed by atoms with van der Waals surface area (Å²) < 4.78 is 29.6. The fourth-order valence-corrected chi connectivity index (χ4v) is 7.57. The van der Waals surface area contributed by atoms with Gasteiger partial charge in [-0.2, -0.15) is 0 Å². The fourth-order valence-electron chi connectivity index (χ4n) is 5.52. The lowest BCUT2D eigenvalue weighted by molar-refractivity contribution is -0.130. The molecular weight excluding hydrogens is 448 g/mol. The molecule has 172 valence electrons. The zero-order valence-corrected chi connectivity index (χ0v) is 19.7. The number of fused-ring (bicyclic) bond motifs is 4. The second-order valence-corrected chi connectivity index (χ2v) is 12.0.